The van der Waals surface area contributed by atoms with Crippen LogP contribution in [0.1, 0.15) is 79.6 Å². The molecule has 0 aromatic rings. The smallest absolute Gasteiger partial charge is 0.309 e. The number of ketones is 1. The summed E-state index contributed by atoms with van der Waals surface area (Å²) in [6.45, 7) is 8.13. The summed E-state index contributed by atoms with van der Waals surface area (Å²) in [6, 6.07) is 0. The lowest BCUT2D eigenvalue weighted by Gasteiger charge is -2.64. The highest BCUT2D eigenvalue weighted by Crippen LogP contribution is 2.75. The van der Waals surface area contributed by atoms with Crippen LogP contribution >= 0.6 is 0 Å². The van der Waals surface area contributed by atoms with Crippen LogP contribution in [0.15, 0.2) is 12.2 Å². The summed E-state index contributed by atoms with van der Waals surface area (Å²) >= 11 is 0. The van der Waals surface area contributed by atoms with E-state index in [0.717, 1.165) is 0 Å². The van der Waals surface area contributed by atoms with Crippen molar-refractivity contribution in [2.24, 2.45) is 34.5 Å². The van der Waals surface area contributed by atoms with Crippen LogP contribution in [0.5, 0.6) is 0 Å². The number of cyclic esters (lactones) is 1. The summed E-state index contributed by atoms with van der Waals surface area (Å²) in [5.74, 6) is -2.01. The van der Waals surface area contributed by atoms with E-state index in [1.54, 1.807) is 13.0 Å². The minimum Gasteiger partial charge on any atom is -0.465 e. The van der Waals surface area contributed by atoms with E-state index in [4.69, 9.17) is 14.2 Å². The molecule has 12 atom stereocenters. The van der Waals surface area contributed by atoms with Gasteiger partial charge in [-0.3, -0.25) is 14.4 Å². The second-order valence-electron chi connectivity index (χ2n) is 13.9. The van der Waals surface area contributed by atoms with Crippen molar-refractivity contribution in [3.8, 4) is 0 Å². The van der Waals surface area contributed by atoms with E-state index in [-0.39, 0.29) is 55.5 Å². The molecule has 5 fully saturated rings. The van der Waals surface area contributed by atoms with Gasteiger partial charge < -0.3 is 29.5 Å². The van der Waals surface area contributed by atoms with Gasteiger partial charge in [0.1, 0.15) is 29.5 Å². The number of hydrogen-bond donors (Lipinski definition) is 3. The number of carbonyl (C=O) groups is 3. The van der Waals surface area contributed by atoms with Gasteiger partial charge in [0.05, 0.1) is 28.5 Å². The largest absolute Gasteiger partial charge is 0.465 e. The average molecular weight is 547 g/mol. The molecule has 9 nitrogen and oxygen atoms in total. The number of allylic oxidation sites excluding steroid dienone is 1. The molecule has 216 valence electrons. The topological polar surface area (TPSA) is 143 Å². The summed E-state index contributed by atoms with van der Waals surface area (Å²) in [5, 5.41) is 37.6. The standard InChI is InChI=1S/C30H42O9/c1-16-13-22(38-24(33)17(16)2)26(5,34)30(36)12-11-28(35)20-14-23-29(39-23)9-6-7-21(32)25(29,4)19(20)8-10-27(28,30)15-37-18(3)31/h6-7,16-17,19-20,22-23,34-36H,8-15H2,1-5H3/t16-,17-,19+,20-,22-,23-,25+,26+,27-,28-,29-,30-/m1/s1. The number of hydrogen-bond acceptors (Lipinski definition) is 9. The van der Waals surface area contributed by atoms with Crippen LogP contribution in [0.4, 0.5) is 0 Å². The lowest BCUT2D eigenvalue weighted by Crippen LogP contribution is -2.75. The third-order valence-corrected chi connectivity index (χ3v) is 12.6. The number of rotatable bonds is 4. The highest BCUT2D eigenvalue weighted by Gasteiger charge is 2.83. The fraction of sp³-hybridized carbons (Fsp3) is 0.833. The van der Waals surface area contributed by atoms with Gasteiger partial charge in [-0.1, -0.05) is 19.9 Å². The zero-order valence-electron chi connectivity index (χ0n) is 23.6. The van der Waals surface area contributed by atoms with E-state index in [2.05, 4.69) is 0 Å². The molecule has 0 unspecified atom stereocenters. The number of ether oxygens (including phenoxy) is 3. The SMILES string of the molecule is CC(=O)OC[C@]12CC[C@H]3[C@@H](C[C@H]4O[C@]45CC=CC(=O)[C@]35C)[C@]1(O)CC[C@@]2(O)[C@@](C)(O)[C@H]1C[C@@H](C)[C@@H](C)C(=O)O1. The zero-order chi connectivity index (χ0) is 28.4. The van der Waals surface area contributed by atoms with Crippen molar-refractivity contribution in [2.75, 3.05) is 6.61 Å². The van der Waals surface area contributed by atoms with Gasteiger partial charge in [-0.25, -0.2) is 0 Å². The first-order valence-corrected chi connectivity index (χ1v) is 14.5. The molecule has 6 rings (SSSR count). The molecule has 6 aliphatic rings. The molecule has 9 heteroatoms. The maximum absolute atomic E-state index is 13.5. The van der Waals surface area contributed by atoms with Crippen molar-refractivity contribution in [2.45, 2.75) is 114 Å². The molecular weight excluding hydrogens is 504 g/mol. The minimum atomic E-state index is -1.93. The van der Waals surface area contributed by atoms with E-state index >= 15 is 0 Å². The Bertz CT molecular complexity index is 1150. The van der Waals surface area contributed by atoms with Crippen LogP contribution in [-0.4, -0.2) is 74.3 Å². The van der Waals surface area contributed by atoms with Gasteiger partial charge in [-0.2, -0.15) is 0 Å². The third-order valence-electron chi connectivity index (χ3n) is 12.6. The normalized spacial score (nSPS) is 53.4. The predicted octanol–water partition coefficient (Wildman–Crippen LogP) is 2.23. The highest BCUT2D eigenvalue weighted by molar-refractivity contribution is 5.97. The number of esters is 2. The third kappa shape index (κ3) is 3.08. The Morgan fingerprint density at radius 2 is 1.87 bits per heavy atom. The quantitative estimate of drug-likeness (QED) is 0.357. The molecule has 3 saturated carbocycles. The van der Waals surface area contributed by atoms with E-state index in [1.807, 2.05) is 19.9 Å². The van der Waals surface area contributed by atoms with Crippen LogP contribution < -0.4 is 0 Å². The minimum absolute atomic E-state index is 0.000448. The van der Waals surface area contributed by atoms with Crippen LogP contribution in [0.25, 0.3) is 0 Å². The summed E-state index contributed by atoms with van der Waals surface area (Å²) in [5.41, 5.74) is -8.23. The van der Waals surface area contributed by atoms with E-state index < -0.39 is 57.2 Å². The molecule has 0 bridgehead atoms. The van der Waals surface area contributed by atoms with Gasteiger partial charge in [0.25, 0.3) is 0 Å². The summed E-state index contributed by atoms with van der Waals surface area (Å²) in [6.07, 6.45) is 4.74. The summed E-state index contributed by atoms with van der Waals surface area (Å²) in [7, 11) is 0. The van der Waals surface area contributed by atoms with Crippen molar-refractivity contribution >= 4 is 17.7 Å². The molecule has 0 aromatic heterocycles. The van der Waals surface area contributed by atoms with Gasteiger partial charge in [0, 0.05) is 6.92 Å². The number of carbonyl (C=O) groups excluding carboxylic acids is 3. The predicted molar refractivity (Wildman–Crippen MR) is 137 cm³/mol. The van der Waals surface area contributed by atoms with E-state index in [9.17, 15) is 29.7 Å². The van der Waals surface area contributed by atoms with Crippen molar-refractivity contribution in [3.05, 3.63) is 12.2 Å². The number of epoxide rings is 1. The molecule has 2 saturated heterocycles. The Morgan fingerprint density at radius 3 is 2.54 bits per heavy atom. The van der Waals surface area contributed by atoms with Gasteiger partial charge in [0.15, 0.2) is 5.78 Å². The van der Waals surface area contributed by atoms with Crippen LogP contribution in [0.2, 0.25) is 0 Å². The first-order valence-electron chi connectivity index (χ1n) is 14.5. The molecule has 3 N–H and O–H groups in total. The molecule has 2 heterocycles. The maximum atomic E-state index is 13.5. The monoisotopic (exact) mass is 546 g/mol. The van der Waals surface area contributed by atoms with Crippen LogP contribution in [-0.2, 0) is 28.6 Å². The van der Waals surface area contributed by atoms with Crippen molar-refractivity contribution < 1.29 is 43.9 Å². The molecule has 2 aliphatic heterocycles. The molecule has 4 aliphatic carbocycles. The maximum Gasteiger partial charge on any atom is 0.309 e. The number of aliphatic hydroxyl groups is 3. The Kier molecular flexibility index (Phi) is 5.71. The Hall–Kier alpha value is -1.81. The van der Waals surface area contributed by atoms with Gasteiger partial charge in [0.2, 0.25) is 0 Å². The van der Waals surface area contributed by atoms with Crippen molar-refractivity contribution in [1.82, 2.24) is 0 Å². The first kappa shape index (κ1) is 27.4. The van der Waals surface area contributed by atoms with Gasteiger partial charge in [-0.05, 0) is 82.6 Å². The molecule has 1 spiro atoms. The highest BCUT2D eigenvalue weighted by atomic mass is 16.6. The summed E-state index contributed by atoms with van der Waals surface area (Å²) < 4.78 is 17.6. The van der Waals surface area contributed by atoms with Crippen molar-refractivity contribution in [3.63, 3.8) is 0 Å². The zero-order valence-corrected chi connectivity index (χ0v) is 23.6. The average Bonchev–Trinajstić information content (AvgIpc) is 3.52. The number of fused-ring (bicyclic) bond motifs is 4. The fourth-order valence-corrected chi connectivity index (χ4v) is 9.87. The summed E-state index contributed by atoms with van der Waals surface area (Å²) in [4.78, 5) is 38.2. The Labute approximate surface area is 229 Å². The lowest BCUT2D eigenvalue weighted by atomic mass is 9.42. The molecule has 0 amide bonds. The fourth-order valence-electron chi connectivity index (χ4n) is 9.87. The molecule has 0 aromatic carbocycles. The van der Waals surface area contributed by atoms with Crippen LogP contribution in [0, 0.1) is 34.5 Å². The molecule has 0 radical (unpaired) electrons. The lowest BCUT2D eigenvalue weighted by molar-refractivity contribution is -0.300. The Morgan fingerprint density at radius 1 is 1.15 bits per heavy atom. The van der Waals surface area contributed by atoms with Crippen molar-refractivity contribution in [1.29, 1.82) is 0 Å². The van der Waals surface area contributed by atoms with E-state index in [1.165, 1.54) is 13.8 Å². The van der Waals surface area contributed by atoms with E-state index in [0.29, 0.717) is 25.7 Å². The molecule has 39 heavy (non-hydrogen) atoms. The first-order chi connectivity index (χ1) is 18.1. The van der Waals surface area contributed by atoms with Crippen LogP contribution in [0.3, 0.4) is 0 Å². The molecular formula is C30H42O9. The second kappa shape index (κ2) is 8.14. The van der Waals surface area contributed by atoms with Gasteiger partial charge >= 0.3 is 11.9 Å². The second-order valence-corrected chi connectivity index (χ2v) is 13.9. The van der Waals surface area contributed by atoms with Gasteiger partial charge in [-0.15, -0.1) is 0 Å². The Balaban J connectivity index is 1.43.